The highest BCUT2D eigenvalue weighted by Gasteiger charge is 2.54. The first kappa shape index (κ1) is 26.7. The maximum atomic E-state index is 13.7. The summed E-state index contributed by atoms with van der Waals surface area (Å²) in [5.74, 6) is 0.912. The molecule has 0 unspecified atom stereocenters. The lowest BCUT2D eigenvalue weighted by atomic mass is 9.53. The van der Waals surface area contributed by atoms with Gasteiger partial charge in [0.25, 0.3) is 5.91 Å². The minimum absolute atomic E-state index is 0.118. The van der Waals surface area contributed by atoms with Crippen molar-refractivity contribution < 1.29 is 18.7 Å². The summed E-state index contributed by atoms with van der Waals surface area (Å²) >= 11 is 0. The number of ether oxygens (including phenoxy) is 1. The maximum absolute atomic E-state index is 13.7. The van der Waals surface area contributed by atoms with Crippen LogP contribution in [0, 0.1) is 11.2 Å². The lowest BCUT2D eigenvalue weighted by molar-refractivity contribution is -0.137. The van der Waals surface area contributed by atoms with Crippen molar-refractivity contribution in [1.29, 1.82) is 0 Å². The lowest BCUT2D eigenvalue weighted by Gasteiger charge is -2.51. The minimum Gasteiger partial charge on any atom is -0.496 e. The fourth-order valence-corrected chi connectivity index (χ4v) is 6.68. The van der Waals surface area contributed by atoms with Crippen molar-refractivity contribution in [2.75, 3.05) is 19.9 Å². The molecule has 2 amide bonds. The number of benzene rings is 2. The average molecular weight is 557 g/mol. The van der Waals surface area contributed by atoms with Crippen molar-refractivity contribution in [2.45, 2.75) is 50.5 Å². The number of amides is 2. The Kier molecular flexibility index (Phi) is 6.63. The summed E-state index contributed by atoms with van der Waals surface area (Å²) in [4.78, 5) is 34.9. The first-order valence-corrected chi connectivity index (χ1v) is 13.9. The van der Waals surface area contributed by atoms with Crippen LogP contribution >= 0.6 is 0 Å². The predicted octanol–water partition coefficient (Wildman–Crippen LogP) is 4.39. The molecule has 0 aliphatic heterocycles. The van der Waals surface area contributed by atoms with E-state index < -0.39 is 11.7 Å². The van der Waals surface area contributed by atoms with Gasteiger partial charge in [-0.15, -0.1) is 0 Å². The molecule has 0 radical (unpaired) electrons. The molecule has 2 aromatic carbocycles. The molecule has 9 nitrogen and oxygen atoms in total. The van der Waals surface area contributed by atoms with Crippen molar-refractivity contribution in [1.82, 2.24) is 25.0 Å². The van der Waals surface area contributed by atoms with Crippen molar-refractivity contribution in [3.63, 3.8) is 0 Å². The second kappa shape index (κ2) is 10.2. The number of nitrogens with one attached hydrogen (secondary N) is 2. The van der Waals surface area contributed by atoms with Crippen LogP contribution < -0.4 is 21.1 Å². The number of hydrogen-bond donors (Lipinski definition) is 3. The number of anilines is 1. The van der Waals surface area contributed by atoms with Gasteiger partial charge in [-0.3, -0.25) is 14.0 Å². The van der Waals surface area contributed by atoms with E-state index in [0.29, 0.717) is 11.6 Å². The summed E-state index contributed by atoms with van der Waals surface area (Å²) in [6.07, 6.45) is 8.86. The number of carbonyl (C=O) groups is 2. The number of nitrogen functional groups attached to an aromatic ring is 1. The maximum Gasteiger partial charge on any atom is 0.255 e. The van der Waals surface area contributed by atoms with Crippen LogP contribution in [0.1, 0.15) is 60.3 Å². The van der Waals surface area contributed by atoms with Gasteiger partial charge in [-0.1, -0.05) is 24.3 Å². The van der Waals surface area contributed by atoms with E-state index in [9.17, 15) is 14.0 Å². The Morgan fingerprint density at radius 1 is 1.07 bits per heavy atom. The number of hydrogen-bond acceptors (Lipinski definition) is 6. The number of carbonyl (C=O) groups excluding carboxylic acids is 2. The molecule has 0 spiro atoms. The van der Waals surface area contributed by atoms with E-state index in [1.54, 1.807) is 13.2 Å². The van der Waals surface area contributed by atoms with Crippen LogP contribution in [-0.4, -0.2) is 40.3 Å². The molecular weight excluding hydrogens is 523 g/mol. The summed E-state index contributed by atoms with van der Waals surface area (Å²) in [5, 5.41) is 5.70. The number of methoxy groups -OCH3 is 1. The highest BCUT2D eigenvalue weighted by molar-refractivity contribution is 5.97. The number of rotatable bonds is 7. The minimum atomic E-state index is -0.507. The van der Waals surface area contributed by atoms with Crippen molar-refractivity contribution >= 4 is 23.1 Å². The molecule has 4 aromatic rings. The Labute approximate surface area is 237 Å². The van der Waals surface area contributed by atoms with Gasteiger partial charge in [0.15, 0.2) is 0 Å². The molecule has 212 valence electrons. The smallest absolute Gasteiger partial charge is 0.255 e. The van der Waals surface area contributed by atoms with Crippen molar-refractivity contribution in [2.24, 2.45) is 5.41 Å². The number of nitrogens with two attached hydrogens (primary N) is 1. The number of halogens is 1. The molecule has 0 saturated heterocycles. The van der Waals surface area contributed by atoms with E-state index in [-0.39, 0.29) is 28.8 Å². The van der Waals surface area contributed by atoms with Crippen LogP contribution in [0.4, 0.5) is 10.2 Å². The molecule has 41 heavy (non-hydrogen) atoms. The third-order valence-electron chi connectivity index (χ3n) is 9.10. The fourth-order valence-electron chi connectivity index (χ4n) is 6.68. The zero-order valence-electron chi connectivity index (χ0n) is 23.2. The first-order chi connectivity index (χ1) is 19.8. The molecule has 4 N–H and O–H groups in total. The van der Waals surface area contributed by atoms with Crippen LogP contribution in [0.15, 0.2) is 54.9 Å². The third-order valence-corrected chi connectivity index (χ3v) is 9.10. The van der Waals surface area contributed by atoms with Crippen LogP contribution in [-0.2, 0) is 16.8 Å². The summed E-state index contributed by atoms with van der Waals surface area (Å²) < 4.78 is 21.0. The van der Waals surface area contributed by atoms with Crippen molar-refractivity contribution in [3.05, 3.63) is 77.6 Å². The Balaban J connectivity index is 1.26. The Morgan fingerprint density at radius 2 is 1.78 bits per heavy atom. The molecule has 0 atom stereocenters. The molecular formula is C31H33FN6O3. The molecule has 2 heterocycles. The zero-order valence-corrected chi connectivity index (χ0v) is 23.2. The van der Waals surface area contributed by atoms with Gasteiger partial charge in [-0.2, -0.15) is 0 Å². The molecule has 2 aromatic heterocycles. The van der Waals surface area contributed by atoms with E-state index in [2.05, 4.69) is 20.0 Å². The number of aromatic nitrogens is 3. The zero-order chi connectivity index (χ0) is 28.8. The Hall–Kier alpha value is -4.47. The van der Waals surface area contributed by atoms with Crippen molar-refractivity contribution in [3.8, 4) is 17.0 Å². The molecule has 10 heteroatoms. The number of imidazole rings is 1. The third kappa shape index (κ3) is 4.47. The molecule has 7 rings (SSSR count). The fraction of sp³-hybridized carbons (Fsp3) is 0.355. The second-order valence-electron chi connectivity index (χ2n) is 11.2. The monoisotopic (exact) mass is 556 g/mol. The number of fused-ring (bicyclic) bond motifs is 4. The van der Waals surface area contributed by atoms with Crippen LogP contribution in [0.3, 0.4) is 0 Å². The van der Waals surface area contributed by atoms with E-state index in [0.717, 1.165) is 72.8 Å². The Morgan fingerprint density at radius 3 is 2.44 bits per heavy atom. The quantitative estimate of drug-likeness (QED) is 0.310. The summed E-state index contributed by atoms with van der Waals surface area (Å²) in [6, 6.07) is 11.6. The highest BCUT2D eigenvalue weighted by Crippen LogP contribution is 2.58. The Bertz CT molecular complexity index is 1620. The summed E-state index contributed by atoms with van der Waals surface area (Å²) in [5.41, 5.74) is 9.44. The largest absolute Gasteiger partial charge is 0.496 e. The average Bonchev–Trinajstić information content (AvgIpc) is 3.42. The molecule has 3 aliphatic carbocycles. The van der Waals surface area contributed by atoms with Gasteiger partial charge in [-0.05, 0) is 62.3 Å². The molecule has 3 saturated carbocycles. The van der Waals surface area contributed by atoms with Crippen LogP contribution in [0.25, 0.3) is 16.8 Å². The van der Waals surface area contributed by atoms with Crippen LogP contribution in [0.2, 0.25) is 0 Å². The van der Waals surface area contributed by atoms with E-state index in [1.807, 2.05) is 30.5 Å². The molecule has 3 fully saturated rings. The van der Waals surface area contributed by atoms with Gasteiger partial charge in [0.1, 0.15) is 34.4 Å². The van der Waals surface area contributed by atoms with Gasteiger partial charge in [0, 0.05) is 42.4 Å². The molecule has 2 bridgehead atoms. The lowest BCUT2D eigenvalue weighted by Crippen LogP contribution is -2.51. The number of nitrogens with zero attached hydrogens (tertiary/aromatic N) is 3. The SMILES string of the molecule is CNC(=O)C12CCC(c3nc(-c4ccc(CNC(=O)c5cc(F)ccc5OC)cc4)c4c(N)nccn34)(CC1)CC2. The van der Waals surface area contributed by atoms with Gasteiger partial charge in [-0.25, -0.2) is 14.4 Å². The van der Waals surface area contributed by atoms with Gasteiger partial charge < -0.3 is 21.1 Å². The van der Waals surface area contributed by atoms with Gasteiger partial charge >= 0.3 is 0 Å². The van der Waals surface area contributed by atoms with E-state index in [1.165, 1.54) is 19.2 Å². The van der Waals surface area contributed by atoms with E-state index in [4.69, 9.17) is 15.5 Å². The van der Waals surface area contributed by atoms with Crippen LogP contribution in [0.5, 0.6) is 5.75 Å². The van der Waals surface area contributed by atoms with E-state index >= 15 is 0 Å². The second-order valence-corrected chi connectivity index (χ2v) is 11.2. The standard InChI is InChI=1S/C31H33FN6O3/c1-34-29(40)31-12-9-30(10-13-31,11-14-31)28-37-24(25-26(33)35-15-16-38(25)28)20-5-3-19(4-6-20)18-36-27(39)22-17-21(32)7-8-23(22)41-2/h3-8,15-17H,9-14,18H2,1-2H3,(H2,33,35)(H,34,40)(H,36,39). The topological polar surface area (TPSA) is 124 Å². The summed E-state index contributed by atoms with van der Waals surface area (Å²) in [6.45, 7) is 0.258. The predicted molar refractivity (Wildman–Crippen MR) is 153 cm³/mol. The normalized spacial score (nSPS) is 21.5. The van der Waals surface area contributed by atoms with Gasteiger partial charge in [0.05, 0.1) is 12.7 Å². The van der Waals surface area contributed by atoms with Gasteiger partial charge in [0.2, 0.25) is 5.91 Å². The highest BCUT2D eigenvalue weighted by atomic mass is 19.1. The summed E-state index contributed by atoms with van der Waals surface area (Å²) in [7, 11) is 3.16. The first-order valence-electron chi connectivity index (χ1n) is 13.9. The molecule has 3 aliphatic rings.